The van der Waals surface area contributed by atoms with Crippen LogP contribution in [0.4, 0.5) is 4.39 Å². The molecule has 3 heteroatoms. The highest BCUT2D eigenvalue weighted by Crippen LogP contribution is 2.25. The Bertz CT molecular complexity index is 319. The summed E-state index contributed by atoms with van der Waals surface area (Å²) in [5.41, 5.74) is 0.578. The van der Waals surface area contributed by atoms with Gasteiger partial charge in [-0.05, 0) is 19.4 Å². The molecule has 1 aromatic carbocycles. The number of rotatable bonds is 5. The lowest BCUT2D eigenvalue weighted by Crippen LogP contribution is -2.29. The monoisotopic (exact) mass is 241 g/mol. The van der Waals surface area contributed by atoms with Crippen LogP contribution in [-0.2, 0) is 5.67 Å². The first-order valence-electron chi connectivity index (χ1n) is 5.56. The van der Waals surface area contributed by atoms with Crippen LogP contribution < -0.4 is 4.72 Å². The van der Waals surface area contributed by atoms with Gasteiger partial charge in [0, 0.05) is 11.8 Å². The van der Waals surface area contributed by atoms with Gasteiger partial charge in [-0.2, -0.15) is 0 Å². The molecule has 16 heavy (non-hydrogen) atoms. The number of halogens is 1. The lowest BCUT2D eigenvalue weighted by atomic mass is 9.97. The highest BCUT2D eigenvalue weighted by Gasteiger charge is 2.25. The minimum Gasteiger partial charge on any atom is -0.260 e. The van der Waals surface area contributed by atoms with Crippen LogP contribution in [0, 0.1) is 6.92 Å². The number of aryl methyl sites for hydroxylation is 1. The van der Waals surface area contributed by atoms with Crippen LogP contribution in [0.2, 0.25) is 0 Å². The topological polar surface area (TPSA) is 12.0 Å². The van der Waals surface area contributed by atoms with Gasteiger partial charge >= 0.3 is 0 Å². The Kier molecular flexibility index (Phi) is 4.81. The fourth-order valence-electron chi connectivity index (χ4n) is 1.35. The number of nitrogens with one attached hydrogen (secondary N) is 1. The molecule has 0 saturated carbocycles. The van der Waals surface area contributed by atoms with Gasteiger partial charge in [-0.3, -0.25) is 4.72 Å². The zero-order valence-corrected chi connectivity index (χ0v) is 11.2. The van der Waals surface area contributed by atoms with Crippen molar-refractivity contribution in [3.63, 3.8) is 0 Å². The van der Waals surface area contributed by atoms with Gasteiger partial charge in [-0.1, -0.05) is 55.6 Å². The van der Waals surface area contributed by atoms with Gasteiger partial charge in [-0.15, -0.1) is 0 Å². The summed E-state index contributed by atoms with van der Waals surface area (Å²) in [6.07, 6.45) is 0. The summed E-state index contributed by atoms with van der Waals surface area (Å²) in [5, 5.41) is 0.466. The lowest BCUT2D eigenvalue weighted by Gasteiger charge is -2.21. The van der Waals surface area contributed by atoms with E-state index in [1.165, 1.54) is 0 Å². The van der Waals surface area contributed by atoms with E-state index in [0.29, 0.717) is 11.8 Å². The largest absolute Gasteiger partial charge is 0.260 e. The van der Waals surface area contributed by atoms with E-state index in [4.69, 9.17) is 0 Å². The molecule has 0 spiro atoms. The number of alkyl halides is 1. The van der Waals surface area contributed by atoms with Gasteiger partial charge in [0.15, 0.2) is 0 Å². The Morgan fingerprint density at radius 1 is 1.31 bits per heavy atom. The molecule has 0 heterocycles. The van der Waals surface area contributed by atoms with E-state index in [1.807, 2.05) is 31.2 Å². The van der Waals surface area contributed by atoms with Gasteiger partial charge in [0.1, 0.15) is 5.67 Å². The summed E-state index contributed by atoms with van der Waals surface area (Å²) in [4.78, 5) is 0. The van der Waals surface area contributed by atoms with Crippen molar-refractivity contribution >= 4 is 11.9 Å². The molecule has 0 saturated heterocycles. The molecule has 0 bridgehead atoms. The van der Waals surface area contributed by atoms with Gasteiger partial charge < -0.3 is 0 Å². The second kappa shape index (κ2) is 5.69. The molecule has 0 aliphatic heterocycles. The standard InChI is InChI=1S/C13H20FNS/c1-10(2)16-15-9-13(4,14)12-7-5-11(3)6-8-12/h5-8,10,15H,9H2,1-4H3. The van der Waals surface area contributed by atoms with Crippen molar-refractivity contribution in [1.29, 1.82) is 0 Å². The van der Waals surface area contributed by atoms with E-state index in [9.17, 15) is 4.39 Å². The van der Waals surface area contributed by atoms with Crippen molar-refractivity contribution in [3.05, 3.63) is 35.4 Å². The first kappa shape index (κ1) is 13.5. The van der Waals surface area contributed by atoms with E-state index in [0.717, 1.165) is 11.1 Å². The summed E-state index contributed by atoms with van der Waals surface area (Å²) >= 11 is 1.57. The molecule has 0 aliphatic carbocycles. The molecule has 1 atom stereocenters. The third-order valence-corrected chi connectivity index (χ3v) is 3.16. The number of hydrogen-bond acceptors (Lipinski definition) is 2. The van der Waals surface area contributed by atoms with E-state index < -0.39 is 5.67 Å². The van der Waals surface area contributed by atoms with Crippen LogP contribution >= 0.6 is 11.9 Å². The van der Waals surface area contributed by atoms with Crippen molar-refractivity contribution in [1.82, 2.24) is 4.72 Å². The van der Waals surface area contributed by atoms with E-state index >= 15 is 0 Å². The number of benzene rings is 1. The normalized spacial score (nSPS) is 15.1. The summed E-state index contributed by atoms with van der Waals surface area (Å²) in [5.74, 6) is 0. The average Bonchev–Trinajstić information content (AvgIpc) is 2.17. The Morgan fingerprint density at radius 3 is 2.38 bits per heavy atom. The summed E-state index contributed by atoms with van der Waals surface area (Å²) in [7, 11) is 0. The van der Waals surface area contributed by atoms with Crippen molar-refractivity contribution in [2.75, 3.05) is 6.54 Å². The SMILES string of the molecule is Cc1ccc(C(C)(F)CNSC(C)C)cc1. The third-order valence-electron chi connectivity index (χ3n) is 2.38. The highest BCUT2D eigenvalue weighted by molar-refractivity contribution is 7.97. The zero-order chi connectivity index (χ0) is 12.2. The number of hydrogen-bond donors (Lipinski definition) is 1. The molecule has 1 nitrogen and oxygen atoms in total. The van der Waals surface area contributed by atoms with Crippen molar-refractivity contribution in [2.24, 2.45) is 0 Å². The van der Waals surface area contributed by atoms with Crippen molar-refractivity contribution < 1.29 is 4.39 Å². The molecule has 1 N–H and O–H groups in total. The molecule has 0 fully saturated rings. The fraction of sp³-hybridized carbons (Fsp3) is 0.538. The molecule has 90 valence electrons. The summed E-state index contributed by atoms with van der Waals surface area (Å²) < 4.78 is 17.4. The van der Waals surface area contributed by atoms with Crippen LogP contribution in [0.1, 0.15) is 31.9 Å². The Morgan fingerprint density at radius 2 is 1.88 bits per heavy atom. The lowest BCUT2D eigenvalue weighted by molar-refractivity contribution is 0.198. The Labute approximate surface area is 102 Å². The predicted molar refractivity (Wildman–Crippen MR) is 70.4 cm³/mol. The van der Waals surface area contributed by atoms with Crippen molar-refractivity contribution in [2.45, 2.75) is 38.6 Å². The second-order valence-corrected chi connectivity index (χ2v) is 6.02. The van der Waals surface area contributed by atoms with E-state index in [-0.39, 0.29) is 0 Å². The summed E-state index contributed by atoms with van der Waals surface area (Å²) in [6, 6.07) is 7.61. The van der Waals surface area contributed by atoms with Gasteiger partial charge in [0.2, 0.25) is 0 Å². The summed E-state index contributed by atoms with van der Waals surface area (Å²) in [6.45, 7) is 8.12. The second-order valence-electron chi connectivity index (χ2n) is 4.55. The van der Waals surface area contributed by atoms with Crippen molar-refractivity contribution in [3.8, 4) is 0 Å². The Balaban J connectivity index is 2.59. The van der Waals surface area contributed by atoms with Crippen LogP contribution in [0.15, 0.2) is 24.3 Å². The van der Waals surface area contributed by atoms with Crippen LogP contribution in [0.5, 0.6) is 0 Å². The molecule has 0 aliphatic rings. The molecule has 0 amide bonds. The first-order chi connectivity index (χ1) is 7.42. The minimum atomic E-state index is -1.31. The maximum absolute atomic E-state index is 14.3. The predicted octanol–water partition coefficient (Wildman–Crippen LogP) is 3.83. The van der Waals surface area contributed by atoms with Gasteiger partial charge in [0.05, 0.1) is 0 Å². The quantitative estimate of drug-likeness (QED) is 0.786. The van der Waals surface area contributed by atoms with Crippen LogP contribution in [-0.4, -0.2) is 11.8 Å². The molecule has 1 aromatic rings. The van der Waals surface area contributed by atoms with Crippen LogP contribution in [0.25, 0.3) is 0 Å². The molecular weight excluding hydrogens is 221 g/mol. The molecule has 1 unspecified atom stereocenters. The van der Waals surface area contributed by atoms with Gasteiger partial charge in [0.25, 0.3) is 0 Å². The average molecular weight is 241 g/mol. The zero-order valence-electron chi connectivity index (χ0n) is 10.4. The maximum atomic E-state index is 14.3. The minimum absolute atomic E-state index is 0.332. The first-order valence-corrected chi connectivity index (χ1v) is 6.44. The Hall–Kier alpha value is -0.540. The smallest absolute Gasteiger partial charge is 0.146 e. The molecule has 1 rings (SSSR count). The third kappa shape index (κ3) is 4.14. The van der Waals surface area contributed by atoms with Gasteiger partial charge in [-0.25, -0.2) is 4.39 Å². The molecule has 0 radical (unpaired) electrons. The molecule has 0 aromatic heterocycles. The highest BCUT2D eigenvalue weighted by atomic mass is 32.2. The van der Waals surface area contributed by atoms with E-state index in [1.54, 1.807) is 18.9 Å². The maximum Gasteiger partial charge on any atom is 0.146 e. The fourth-order valence-corrected chi connectivity index (χ4v) is 2.03. The van der Waals surface area contributed by atoms with E-state index in [2.05, 4.69) is 18.6 Å². The molecular formula is C13H20FNS. The van der Waals surface area contributed by atoms with Crippen LogP contribution in [0.3, 0.4) is 0 Å².